The van der Waals surface area contributed by atoms with Crippen LogP contribution in [-0.4, -0.2) is 32.2 Å². The van der Waals surface area contributed by atoms with E-state index in [4.69, 9.17) is 4.98 Å². The smallest absolute Gasteiger partial charge is 0.259 e. The van der Waals surface area contributed by atoms with Crippen LogP contribution < -0.4 is 4.90 Å². The van der Waals surface area contributed by atoms with Gasteiger partial charge in [-0.3, -0.25) is 9.78 Å². The quantitative estimate of drug-likeness (QED) is 0.369. The maximum absolute atomic E-state index is 13.8. The van der Waals surface area contributed by atoms with Crippen LogP contribution in [-0.2, 0) is 6.54 Å². The standard InChI is InChI=1S/C27H23N5O/c1-2-31(22-13-7-4-8-14-22)27(33)23-16-25(21-11-5-3-6-12-21)30-26-24(23)18-29-32(26)19-20-10-9-15-28-17-20/h3-18H,2,19H2,1H3. The number of para-hydroxylation sites is 1. The van der Waals surface area contributed by atoms with Crippen molar-refractivity contribution in [2.24, 2.45) is 0 Å². The van der Waals surface area contributed by atoms with Gasteiger partial charge in [-0.25, -0.2) is 9.67 Å². The summed E-state index contributed by atoms with van der Waals surface area (Å²) < 4.78 is 1.83. The van der Waals surface area contributed by atoms with Gasteiger partial charge in [-0.1, -0.05) is 54.6 Å². The zero-order valence-electron chi connectivity index (χ0n) is 18.3. The van der Waals surface area contributed by atoms with Gasteiger partial charge in [0.1, 0.15) is 0 Å². The maximum Gasteiger partial charge on any atom is 0.259 e. The van der Waals surface area contributed by atoms with Crippen LogP contribution in [0, 0.1) is 0 Å². The van der Waals surface area contributed by atoms with Gasteiger partial charge in [-0.2, -0.15) is 5.10 Å². The van der Waals surface area contributed by atoms with Crippen molar-refractivity contribution in [3.8, 4) is 11.3 Å². The second-order valence-corrected chi connectivity index (χ2v) is 7.71. The Kier molecular flexibility index (Phi) is 5.64. The van der Waals surface area contributed by atoms with Crippen molar-refractivity contribution < 1.29 is 4.79 Å². The van der Waals surface area contributed by atoms with Crippen molar-refractivity contribution in [3.63, 3.8) is 0 Å². The van der Waals surface area contributed by atoms with Crippen LogP contribution in [0.1, 0.15) is 22.8 Å². The van der Waals surface area contributed by atoms with Gasteiger partial charge in [0.25, 0.3) is 5.91 Å². The fourth-order valence-electron chi connectivity index (χ4n) is 3.96. The number of nitrogens with zero attached hydrogens (tertiary/aromatic N) is 5. The molecule has 3 heterocycles. The van der Waals surface area contributed by atoms with Crippen molar-refractivity contribution in [1.29, 1.82) is 0 Å². The lowest BCUT2D eigenvalue weighted by Gasteiger charge is -2.21. The molecule has 0 aliphatic rings. The summed E-state index contributed by atoms with van der Waals surface area (Å²) in [6.07, 6.45) is 5.30. The normalized spacial score (nSPS) is 10.9. The average molecular weight is 434 g/mol. The van der Waals surface area contributed by atoms with E-state index < -0.39 is 0 Å². The molecule has 2 aromatic carbocycles. The zero-order valence-corrected chi connectivity index (χ0v) is 18.3. The molecule has 0 radical (unpaired) electrons. The van der Waals surface area contributed by atoms with Gasteiger partial charge in [0.15, 0.2) is 5.65 Å². The van der Waals surface area contributed by atoms with Crippen molar-refractivity contribution >= 4 is 22.6 Å². The molecule has 3 aromatic heterocycles. The van der Waals surface area contributed by atoms with Gasteiger partial charge >= 0.3 is 0 Å². The molecule has 6 nitrogen and oxygen atoms in total. The number of benzene rings is 2. The number of anilines is 1. The fraction of sp³-hybridized carbons (Fsp3) is 0.111. The van der Waals surface area contributed by atoms with Gasteiger partial charge in [0.2, 0.25) is 0 Å². The zero-order chi connectivity index (χ0) is 22.6. The number of carbonyl (C=O) groups excluding carboxylic acids is 1. The molecule has 0 spiro atoms. The first-order valence-corrected chi connectivity index (χ1v) is 10.9. The molecule has 5 aromatic rings. The summed E-state index contributed by atoms with van der Waals surface area (Å²) >= 11 is 0. The third-order valence-electron chi connectivity index (χ3n) is 5.59. The Bertz CT molecular complexity index is 1380. The third kappa shape index (κ3) is 4.11. The molecule has 0 aliphatic carbocycles. The van der Waals surface area contributed by atoms with E-state index >= 15 is 0 Å². The van der Waals surface area contributed by atoms with Crippen molar-refractivity contribution in [3.05, 3.63) is 109 Å². The number of rotatable bonds is 6. The van der Waals surface area contributed by atoms with E-state index in [-0.39, 0.29) is 5.91 Å². The molecule has 6 heteroatoms. The molecule has 0 N–H and O–H groups in total. The molecular formula is C27H23N5O. The largest absolute Gasteiger partial charge is 0.309 e. The van der Waals surface area contributed by atoms with E-state index in [9.17, 15) is 4.79 Å². The first kappa shape index (κ1) is 20.6. The predicted molar refractivity (Wildman–Crippen MR) is 130 cm³/mol. The highest BCUT2D eigenvalue weighted by atomic mass is 16.2. The minimum Gasteiger partial charge on any atom is -0.309 e. The van der Waals surface area contributed by atoms with E-state index in [1.165, 1.54) is 0 Å². The highest BCUT2D eigenvalue weighted by Gasteiger charge is 2.22. The monoisotopic (exact) mass is 433 g/mol. The van der Waals surface area contributed by atoms with E-state index in [0.29, 0.717) is 24.3 Å². The summed E-state index contributed by atoms with van der Waals surface area (Å²) in [4.78, 5) is 24.7. The first-order valence-electron chi connectivity index (χ1n) is 10.9. The second-order valence-electron chi connectivity index (χ2n) is 7.71. The molecule has 0 saturated heterocycles. The van der Waals surface area contributed by atoms with Crippen LogP contribution in [0.4, 0.5) is 5.69 Å². The highest BCUT2D eigenvalue weighted by Crippen LogP contribution is 2.27. The van der Waals surface area contributed by atoms with E-state index in [2.05, 4.69) is 10.1 Å². The summed E-state index contributed by atoms with van der Waals surface area (Å²) in [6.45, 7) is 3.05. The van der Waals surface area contributed by atoms with Gasteiger partial charge < -0.3 is 4.90 Å². The number of carbonyl (C=O) groups is 1. The van der Waals surface area contributed by atoms with Crippen LogP contribution in [0.5, 0.6) is 0 Å². The number of hydrogen-bond donors (Lipinski definition) is 0. The summed E-state index contributed by atoms with van der Waals surface area (Å²) in [5.41, 5.74) is 4.82. The van der Waals surface area contributed by atoms with Crippen LogP contribution >= 0.6 is 0 Å². The summed E-state index contributed by atoms with van der Waals surface area (Å²) in [5.74, 6) is -0.0748. The van der Waals surface area contributed by atoms with Gasteiger partial charge in [-0.15, -0.1) is 0 Å². The topological polar surface area (TPSA) is 63.9 Å². The Morgan fingerprint density at radius 1 is 0.939 bits per heavy atom. The van der Waals surface area contributed by atoms with Gasteiger partial charge in [0, 0.05) is 30.2 Å². The molecule has 0 bridgehead atoms. The first-order chi connectivity index (χ1) is 16.2. The second kappa shape index (κ2) is 9.04. The summed E-state index contributed by atoms with van der Waals surface area (Å²) in [6, 6.07) is 25.4. The van der Waals surface area contributed by atoms with Crippen LogP contribution in [0.3, 0.4) is 0 Å². The minimum atomic E-state index is -0.0748. The van der Waals surface area contributed by atoms with Gasteiger partial charge in [-0.05, 0) is 36.8 Å². The van der Waals surface area contributed by atoms with Crippen LogP contribution in [0.15, 0.2) is 97.5 Å². The van der Waals surface area contributed by atoms with E-state index in [0.717, 1.165) is 27.9 Å². The summed E-state index contributed by atoms with van der Waals surface area (Å²) in [7, 11) is 0. The Balaban J connectivity index is 1.66. The summed E-state index contributed by atoms with van der Waals surface area (Å²) in [5, 5.41) is 5.32. The molecule has 1 amide bonds. The SMILES string of the molecule is CCN(C(=O)c1cc(-c2ccccc2)nc2c1cnn2Cc1cccnc1)c1ccccc1. The molecule has 0 aliphatic heterocycles. The number of pyridine rings is 2. The lowest BCUT2D eigenvalue weighted by Crippen LogP contribution is -2.30. The Morgan fingerprint density at radius 2 is 1.70 bits per heavy atom. The number of fused-ring (bicyclic) bond motifs is 1. The predicted octanol–water partition coefficient (Wildman–Crippen LogP) is 5.21. The fourth-order valence-corrected chi connectivity index (χ4v) is 3.96. The molecule has 0 fully saturated rings. The Labute approximate surface area is 192 Å². The molecule has 0 unspecified atom stereocenters. The van der Waals surface area contributed by atoms with Crippen molar-refractivity contribution in [2.45, 2.75) is 13.5 Å². The molecule has 0 saturated carbocycles. The third-order valence-corrected chi connectivity index (χ3v) is 5.59. The van der Waals surface area contributed by atoms with E-state index in [1.807, 2.05) is 96.7 Å². The molecule has 33 heavy (non-hydrogen) atoms. The lowest BCUT2D eigenvalue weighted by molar-refractivity contribution is 0.0990. The van der Waals surface area contributed by atoms with Crippen molar-refractivity contribution in [2.75, 3.05) is 11.4 Å². The van der Waals surface area contributed by atoms with E-state index in [1.54, 1.807) is 17.3 Å². The molecule has 162 valence electrons. The number of amides is 1. The molecule has 5 rings (SSSR count). The van der Waals surface area contributed by atoms with Crippen LogP contribution in [0.2, 0.25) is 0 Å². The lowest BCUT2D eigenvalue weighted by atomic mass is 10.1. The average Bonchev–Trinajstić information content (AvgIpc) is 3.28. The molecule has 0 atom stereocenters. The van der Waals surface area contributed by atoms with Crippen molar-refractivity contribution in [1.82, 2.24) is 19.7 Å². The molecular weight excluding hydrogens is 410 g/mol. The Hall–Kier alpha value is -4.32. The Morgan fingerprint density at radius 3 is 2.39 bits per heavy atom. The maximum atomic E-state index is 13.8. The highest BCUT2D eigenvalue weighted by molar-refractivity contribution is 6.13. The number of aromatic nitrogens is 4. The van der Waals surface area contributed by atoms with Gasteiger partial charge in [0.05, 0.1) is 29.4 Å². The van der Waals surface area contributed by atoms with Crippen LogP contribution in [0.25, 0.3) is 22.3 Å². The number of hydrogen-bond acceptors (Lipinski definition) is 4. The minimum absolute atomic E-state index is 0.0748.